The zero-order valence-electron chi connectivity index (χ0n) is 18.2. The molecule has 2 amide bonds. The summed E-state index contributed by atoms with van der Waals surface area (Å²) in [6.45, 7) is 4.90. The van der Waals surface area contributed by atoms with Gasteiger partial charge in [0.25, 0.3) is 11.8 Å². The second-order valence-electron chi connectivity index (χ2n) is 7.10. The number of nitrogens with zero attached hydrogens (tertiary/aromatic N) is 2. The van der Waals surface area contributed by atoms with Crippen molar-refractivity contribution in [1.29, 1.82) is 0 Å². The maximum Gasteiger partial charge on any atom is 0.310 e. The van der Waals surface area contributed by atoms with E-state index in [1.54, 1.807) is 56.3 Å². The maximum absolute atomic E-state index is 12.4. The average molecular weight is 450 g/mol. The lowest BCUT2D eigenvalue weighted by atomic mass is 10.1. The van der Waals surface area contributed by atoms with Crippen LogP contribution in [0.15, 0.2) is 70.2 Å². The van der Waals surface area contributed by atoms with E-state index in [0.717, 1.165) is 0 Å². The molecule has 1 atom stereocenters. The summed E-state index contributed by atoms with van der Waals surface area (Å²) in [4.78, 5) is 35.1. The van der Waals surface area contributed by atoms with E-state index in [2.05, 4.69) is 15.8 Å². The zero-order chi connectivity index (χ0) is 24.0. The van der Waals surface area contributed by atoms with Crippen molar-refractivity contribution < 1.29 is 23.7 Å². The van der Waals surface area contributed by atoms with Crippen LogP contribution >= 0.6 is 0 Å². The van der Waals surface area contributed by atoms with Crippen molar-refractivity contribution in [2.24, 2.45) is 5.10 Å². The topological polar surface area (TPSA) is 136 Å². The number of benzene rings is 2. The normalized spacial score (nSPS) is 12.0. The number of hydrazone groups is 1. The molecule has 0 radical (unpaired) electrons. The van der Waals surface area contributed by atoms with Crippen molar-refractivity contribution in [3.05, 3.63) is 87.9 Å². The van der Waals surface area contributed by atoms with Gasteiger partial charge in [-0.25, -0.2) is 5.43 Å². The fourth-order valence-electron chi connectivity index (χ4n) is 2.82. The number of para-hydroxylation sites is 2. The Kier molecular flexibility index (Phi) is 7.19. The molecular weight excluding hydrogens is 428 g/mol. The minimum absolute atomic E-state index is 0.0129. The van der Waals surface area contributed by atoms with Crippen LogP contribution in [0.25, 0.3) is 0 Å². The number of aryl methyl sites for hydroxylation is 1. The molecule has 10 nitrogen and oxygen atoms in total. The number of rotatable bonds is 8. The van der Waals surface area contributed by atoms with Gasteiger partial charge < -0.3 is 14.5 Å². The van der Waals surface area contributed by atoms with Crippen molar-refractivity contribution in [1.82, 2.24) is 5.43 Å². The predicted molar refractivity (Wildman–Crippen MR) is 121 cm³/mol. The van der Waals surface area contributed by atoms with Gasteiger partial charge in [0.1, 0.15) is 5.76 Å². The van der Waals surface area contributed by atoms with Gasteiger partial charge >= 0.3 is 5.69 Å². The molecule has 170 valence electrons. The Morgan fingerprint density at radius 2 is 1.88 bits per heavy atom. The molecule has 0 aliphatic carbocycles. The molecule has 3 rings (SSSR count). The first-order valence-corrected chi connectivity index (χ1v) is 9.97. The van der Waals surface area contributed by atoms with Crippen LogP contribution in [-0.2, 0) is 4.79 Å². The fraction of sp³-hybridized carbons (Fsp3) is 0.174. The van der Waals surface area contributed by atoms with E-state index in [9.17, 15) is 19.7 Å². The Morgan fingerprint density at radius 3 is 2.58 bits per heavy atom. The highest BCUT2D eigenvalue weighted by molar-refractivity contribution is 6.04. The van der Waals surface area contributed by atoms with Gasteiger partial charge in [0.05, 0.1) is 10.6 Å². The van der Waals surface area contributed by atoms with Crippen molar-refractivity contribution in [2.45, 2.75) is 26.9 Å². The number of carbonyl (C=O) groups excluding carboxylic acids is 2. The molecule has 0 saturated heterocycles. The third-order valence-corrected chi connectivity index (χ3v) is 4.57. The second kappa shape index (κ2) is 10.2. The van der Waals surface area contributed by atoms with Crippen LogP contribution in [0.2, 0.25) is 0 Å². The number of furan rings is 1. The number of nitro benzene ring substituents is 1. The molecule has 1 heterocycles. The average Bonchev–Trinajstić information content (AvgIpc) is 3.24. The summed E-state index contributed by atoms with van der Waals surface area (Å²) in [5, 5.41) is 17.9. The van der Waals surface area contributed by atoms with E-state index in [4.69, 9.17) is 9.15 Å². The summed E-state index contributed by atoms with van der Waals surface area (Å²) in [5.41, 5.74) is 3.82. The zero-order valence-corrected chi connectivity index (χ0v) is 18.2. The summed E-state index contributed by atoms with van der Waals surface area (Å²) in [6.07, 6.45) is -1.02. The van der Waals surface area contributed by atoms with Gasteiger partial charge in [-0.2, -0.15) is 5.10 Å². The summed E-state index contributed by atoms with van der Waals surface area (Å²) in [7, 11) is 0. The van der Waals surface area contributed by atoms with E-state index >= 15 is 0 Å². The first-order chi connectivity index (χ1) is 15.7. The van der Waals surface area contributed by atoms with E-state index in [1.807, 2.05) is 0 Å². The molecule has 1 aromatic heterocycles. The maximum atomic E-state index is 12.4. The molecular formula is C23H22N4O6. The Bertz CT molecular complexity index is 1220. The lowest BCUT2D eigenvalue weighted by Crippen LogP contribution is -2.34. The summed E-state index contributed by atoms with van der Waals surface area (Å²) < 4.78 is 10.7. The molecule has 33 heavy (non-hydrogen) atoms. The number of nitrogens with one attached hydrogen (secondary N) is 2. The van der Waals surface area contributed by atoms with Gasteiger partial charge in [0, 0.05) is 11.8 Å². The highest BCUT2D eigenvalue weighted by atomic mass is 16.6. The number of anilines is 1. The van der Waals surface area contributed by atoms with Crippen LogP contribution in [0.1, 0.15) is 35.7 Å². The van der Waals surface area contributed by atoms with Crippen LogP contribution in [0, 0.1) is 17.0 Å². The number of carbonyl (C=O) groups is 2. The van der Waals surface area contributed by atoms with Crippen molar-refractivity contribution in [2.75, 3.05) is 5.32 Å². The molecule has 0 aliphatic rings. The Balaban J connectivity index is 1.63. The largest absolute Gasteiger partial charge is 0.474 e. The third-order valence-electron chi connectivity index (χ3n) is 4.57. The number of ether oxygens (including phenoxy) is 1. The fourth-order valence-corrected chi connectivity index (χ4v) is 2.82. The lowest BCUT2D eigenvalue weighted by Gasteiger charge is -2.13. The van der Waals surface area contributed by atoms with Gasteiger partial charge in [0.2, 0.25) is 0 Å². The van der Waals surface area contributed by atoms with E-state index in [-0.39, 0.29) is 23.1 Å². The SMILES string of the molecule is C/C(=N\NC(=O)C(C)Oc1ccccc1[N+](=O)[O-])c1cccc(NC(=O)c2ccc(C)o2)c1. The lowest BCUT2D eigenvalue weighted by molar-refractivity contribution is -0.386. The van der Waals surface area contributed by atoms with Crippen molar-refractivity contribution >= 4 is 28.9 Å². The molecule has 2 aromatic carbocycles. The molecule has 3 aromatic rings. The van der Waals surface area contributed by atoms with Crippen molar-refractivity contribution in [3.63, 3.8) is 0 Å². The van der Waals surface area contributed by atoms with Gasteiger partial charge in [0.15, 0.2) is 17.6 Å². The van der Waals surface area contributed by atoms with E-state index < -0.39 is 16.9 Å². The molecule has 2 N–H and O–H groups in total. The quantitative estimate of drug-likeness (QED) is 0.302. The number of hydrogen-bond donors (Lipinski definition) is 2. The first-order valence-electron chi connectivity index (χ1n) is 9.97. The smallest absolute Gasteiger partial charge is 0.310 e. The molecule has 0 bridgehead atoms. The summed E-state index contributed by atoms with van der Waals surface area (Å²) in [6, 6.07) is 16.0. The van der Waals surface area contributed by atoms with Gasteiger partial charge in [-0.05, 0) is 56.7 Å². The second-order valence-corrected chi connectivity index (χ2v) is 7.10. The minimum Gasteiger partial charge on any atom is -0.474 e. The molecule has 0 fully saturated rings. The van der Waals surface area contributed by atoms with Crippen LogP contribution in [0.4, 0.5) is 11.4 Å². The Morgan fingerprint density at radius 1 is 1.12 bits per heavy atom. The Hall–Kier alpha value is -4.47. The molecule has 10 heteroatoms. The minimum atomic E-state index is -1.02. The molecule has 0 aliphatic heterocycles. The molecule has 0 saturated carbocycles. The standard InChI is InChI=1S/C23H22N4O6/c1-14-11-12-21(32-14)23(29)24-18-8-6-7-17(13-18)15(2)25-26-22(28)16(3)33-20-10-5-4-9-19(20)27(30)31/h4-13,16H,1-3H3,(H,24,29)(H,26,28)/b25-15+. The Labute approximate surface area is 189 Å². The summed E-state index contributed by atoms with van der Waals surface area (Å²) >= 11 is 0. The highest BCUT2D eigenvalue weighted by Crippen LogP contribution is 2.26. The van der Waals surface area contributed by atoms with Crippen LogP contribution in [0.5, 0.6) is 5.75 Å². The molecule has 1 unspecified atom stereocenters. The van der Waals surface area contributed by atoms with Crippen molar-refractivity contribution in [3.8, 4) is 5.75 Å². The number of nitro groups is 1. The van der Waals surface area contributed by atoms with Crippen LogP contribution < -0.4 is 15.5 Å². The van der Waals surface area contributed by atoms with Gasteiger partial charge in [-0.3, -0.25) is 19.7 Å². The van der Waals surface area contributed by atoms with E-state index in [1.165, 1.54) is 25.1 Å². The van der Waals surface area contributed by atoms with Crippen LogP contribution in [0.3, 0.4) is 0 Å². The predicted octanol–water partition coefficient (Wildman–Crippen LogP) is 4.06. The number of amides is 2. The van der Waals surface area contributed by atoms with E-state index in [0.29, 0.717) is 22.7 Å². The first kappa shape index (κ1) is 23.2. The summed E-state index contributed by atoms with van der Waals surface area (Å²) in [5.74, 6) is -0.147. The third kappa shape index (κ3) is 6.03. The van der Waals surface area contributed by atoms with Gasteiger partial charge in [-0.1, -0.05) is 24.3 Å². The number of hydrogen-bond acceptors (Lipinski definition) is 7. The highest BCUT2D eigenvalue weighted by Gasteiger charge is 2.20. The van der Waals surface area contributed by atoms with Crippen LogP contribution in [-0.4, -0.2) is 28.6 Å². The van der Waals surface area contributed by atoms with Gasteiger partial charge in [-0.15, -0.1) is 0 Å². The molecule has 0 spiro atoms. The monoisotopic (exact) mass is 450 g/mol.